The summed E-state index contributed by atoms with van der Waals surface area (Å²) >= 11 is 6.03. The highest BCUT2D eigenvalue weighted by Crippen LogP contribution is 2.39. The van der Waals surface area contributed by atoms with Crippen LogP contribution in [0.25, 0.3) is 11.6 Å². The Labute approximate surface area is 183 Å². The largest absolute Gasteiger partial charge is 0.363 e. The Morgan fingerprint density at radius 3 is 2.63 bits per heavy atom. The van der Waals surface area contributed by atoms with Crippen LogP contribution in [0.1, 0.15) is 44.4 Å². The van der Waals surface area contributed by atoms with E-state index in [9.17, 15) is 10.1 Å². The zero-order chi connectivity index (χ0) is 22.1. The van der Waals surface area contributed by atoms with Gasteiger partial charge in [0.2, 0.25) is 0 Å². The predicted molar refractivity (Wildman–Crippen MR) is 126 cm³/mol. The number of hydrogen-bond acceptors (Lipinski definition) is 3. The molecule has 1 aliphatic heterocycles. The predicted octanol–water partition coefficient (Wildman–Crippen LogP) is 6.22. The average Bonchev–Trinajstić information content (AvgIpc) is 2.68. The van der Waals surface area contributed by atoms with Gasteiger partial charge in [0.15, 0.2) is 0 Å². The van der Waals surface area contributed by atoms with E-state index in [2.05, 4.69) is 50.1 Å². The Balaban J connectivity index is 1.94. The molecule has 3 rings (SSSR count). The zero-order valence-electron chi connectivity index (χ0n) is 18.0. The van der Waals surface area contributed by atoms with Crippen molar-refractivity contribution in [3.05, 3.63) is 69.8 Å². The van der Waals surface area contributed by atoms with Gasteiger partial charge < -0.3 is 10.2 Å². The fourth-order valence-corrected chi connectivity index (χ4v) is 4.17. The van der Waals surface area contributed by atoms with Crippen LogP contribution in [-0.2, 0) is 4.79 Å². The Morgan fingerprint density at radius 1 is 1.23 bits per heavy atom. The van der Waals surface area contributed by atoms with E-state index in [1.807, 2.05) is 31.2 Å². The van der Waals surface area contributed by atoms with Gasteiger partial charge in [0, 0.05) is 28.5 Å². The average molecular weight is 420 g/mol. The topological polar surface area (TPSA) is 56.1 Å². The molecule has 0 aliphatic carbocycles. The number of amides is 1. The molecule has 0 saturated carbocycles. The summed E-state index contributed by atoms with van der Waals surface area (Å²) < 4.78 is 0. The molecule has 0 fully saturated rings. The first kappa shape index (κ1) is 21.7. The normalized spacial score (nSPS) is 15.2. The van der Waals surface area contributed by atoms with Crippen LogP contribution in [-0.4, -0.2) is 18.0 Å². The monoisotopic (exact) mass is 419 g/mol. The summed E-state index contributed by atoms with van der Waals surface area (Å²) in [5, 5.41) is 12.9. The number of allylic oxidation sites excluding steroid dienone is 1. The molecule has 154 valence electrons. The standard InChI is InChI=1S/C25H26ClN3O/c1-6-29-23-10-8-18(12-21(23)17(3)14-25(29,4)5)11-19(15-27)24(30)28-22-13-20(26)9-7-16(22)2/h7-14H,6H2,1-5H3,(H,28,30)/b19-11+. The molecule has 1 N–H and O–H groups in total. The SMILES string of the molecule is CCN1c2ccc(/C=C(\C#N)C(=O)Nc3cc(Cl)ccc3C)cc2C(C)=CC1(C)C. The minimum atomic E-state index is -0.454. The summed E-state index contributed by atoms with van der Waals surface area (Å²) in [6.45, 7) is 11.4. The highest BCUT2D eigenvalue weighted by atomic mass is 35.5. The number of fused-ring (bicyclic) bond motifs is 1. The highest BCUT2D eigenvalue weighted by Gasteiger charge is 2.30. The van der Waals surface area contributed by atoms with Gasteiger partial charge in [-0.05, 0) is 81.7 Å². The third-order valence-electron chi connectivity index (χ3n) is 5.44. The second-order valence-corrected chi connectivity index (χ2v) is 8.52. The molecule has 0 bridgehead atoms. The summed E-state index contributed by atoms with van der Waals surface area (Å²) in [5.41, 5.74) is 5.74. The van der Waals surface area contributed by atoms with Gasteiger partial charge in [0.05, 0.1) is 5.54 Å². The molecule has 2 aromatic carbocycles. The van der Waals surface area contributed by atoms with Crippen LogP contribution in [0.5, 0.6) is 0 Å². The summed E-state index contributed by atoms with van der Waals surface area (Å²) in [7, 11) is 0. The first-order valence-corrected chi connectivity index (χ1v) is 10.3. The Hall–Kier alpha value is -3.03. The maximum absolute atomic E-state index is 12.7. The lowest BCUT2D eigenvalue weighted by molar-refractivity contribution is -0.112. The van der Waals surface area contributed by atoms with Crippen molar-refractivity contribution in [2.45, 2.75) is 40.2 Å². The summed E-state index contributed by atoms with van der Waals surface area (Å²) in [6, 6.07) is 13.3. The van der Waals surface area contributed by atoms with Gasteiger partial charge in [0.25, 0.3) is 5.91 Å². The minimum Gasteiger partial charge on any atom is -0.363 e. The van der Waals surface area contributed by atoms with Crippen LogP contribution in [0.2, 0.25) is 5.02 Å². The Bertz CT molecular complexity index is 1110. The van der Waals surface area contributed by atoms with Gasteiger partial charge in [-0.25, -0.2) is 0 Å². The van der Waals surface area contributed by atoms with E-state index in [4.69, 9.17) is 11.6 Å². The van der Waals surface area contributed by atoms with Gasteiger partial charge >= 0.3 is 0 Å². The van der Waals surface area contributed by atoms with E-state index in [0.717, 1.165) is 28.9 Å². The molecule has 0 radical (unpaired) electrons. The number of nitrogens with one attached hydrogen (secondary N) is 1. The van der Waals surface area contributed by atoms with Crippen LogP contribution >= 0.6 is 11.6 Å². The lowest BCUT2D eigenvalue weighted by Crippen LogP contribution is -2.44. The van der Waals surface area contributed by atoms with Crippen molar-refractivity contribution in [3.63, 3.8) is 0 Å². The molecule has 1 amide bonds. The first-order chi connectivity index (χ1) is 14.2. The number of aryl methyl sites for hydroxylation is 1. The summed E-state index contributed by atoms with van der Waals surface area (Å²) in [5.74, 6) is -0.454. The van der Waals surface area contributed by atoms with E-state index in [-0.39, 0.29) is 11.1 Å². The van der Waals surface area contributed by atoms with Gasteiger partial charge in [-0.2, -0.15) is 5.26 Å². The van der Waals surface area contributed by atoms with Crippen LogP contribution in [0.4, 0.5) is 11.4 Å². The van der Waals surface area contributed by atoms with Crippen LogP contribution in [0.15, 0.2) is 48.0 Å². The van der Waals surface area contributed by atoms with E-state index in [0.29, 0.717) is 10.7 Å². The Morgan fingerprint density at radius 2 is 1.97 bits per heavy atom. The maximum Gasteiger partial charge on any atom is 0.266 e. The number of carbonyl (C=O) groups excluding carboxylic acids is 1. The highest BCUT2D eigenvalue weighted by molar-refractivity contribution is 6.31. The second-order valence-electron chi connectivity index (χ2n) is 8.09. The third-order valence-corrected chi connectivity index (χ3v) is 5.68. The van der Waals surface area contributed by atoms with Crippen molar-refractivity contribution in [1.82, 2.24) is 0 Å². The lowest BCUT2D eigenvalue weighted by atomic mass is 9.88. The van der Waals surface area contributed by atoms with Crippen molar-refractivity contribution < 1.29 is 4.79 Å². The van der Waals surface area contributed by atoms with Crippen LogP contribution in [0, 0.1) is 18.3 Å². The van der Waals surface area contributed by atoms with Gasteiger partial charge in [-0.3, -0.25) is 4.79 Å². The number of nitriles is 1. The number of benzene rings is 2. The molecular weight excluding hydrogens is 394 g/mol. The van der Waals surface area contributed by atoms with Gasteiger partial charge in [-0.1, -0.05) is 29.8 Å². The third kappa shape index (κ3) is 4.27. The molecule has 5 heteroatoms. The molecule has 30 heavy (non-hydrogen) atoms. The number of anilines is 2. The Kier molecular flexibility index (Phi) is 6.05. The number of carbonyl (C=O) groups is 1. The quantitative estimate of drug-likeness (QED) is 0.473. The van der Waals surface area contributed by atoms with E-state index >= 15 is 0 Å². The molecule has 1 heterocycles. The minimum absolute atomic E-state index is 0.0412. The fourth-order valence-electron chi connectivity index (χ4n) is 4.00. The van der Waals surface area contributed by atoms with Crippen molar-refractivity contribution in [1.29, 1.82) is 5.26 Å². The lowest BCUT2D eigenvalue weighted by Gasteiger charge is -2.42. The van der Waals surface area contributed by atoms with Crippen molar-refractivity contribution in [2.75, 3.05) is 16.8 Å². The van der Waals surface area contributed by atoms with Crippen molar-refractivity contribution in [2.24, 2.45) is 0 Å². The molecule has 0 aromatic heterocycles. The fraction of sp³-hybridized carbons (Fsp3) is 0.280. The van der Waals surface area contributed by atoms with E-state index in [1.165, 1.54) is 5.57 Å². The number of halogens is 1. The van der Waals surface area contributed by atoms with Gasteiger partial charge in [-0.15, -0.1) is 0 Å². The van der Waals surface area contributed by atoms with Crippen molar-refractivity contribution >= 4 is 40.5 Å². The van der Waals surface area contributed by atoms with Crippen molar-refractivity contribution in [3.8, 4) is 6.07 Å². The molecular formula is C25H26ClN3O. The number of likely N-dealkylation sites (N-methyl/N-ethyl adjacent to an activating group) is 1. The van der Waals surface area contributed by atoms with E-state index < -0.39 is 5.91 Å². The first-order valence-electron chi connectivity index (χ1n) is 9.97. The zero-order valence-corrected chi connectivity index (χ0v) is 18.8. The smallest absolute Gasteiger partial charge is 0.266 e. The number of rotatable bonds is 4. The maximum atomic E-state index is 12.7. The molecule has 0 unspecified atom stereocenters. The number of hydrogen-bond donors (Lipinski definition) is 1. The summed E-state index contributed by atoms with van der Waals surface area (Å²) in [6.07, 6.45) is 3.88. The van der Waals surface area contributed by atoms with E-state index in [1.54, 1.807) is 18.2 Å². The van der Waals surface area contributed by atoms with Crippen LogP contribution < -0.4 is 10.2 Å². The number of nitrogens with zero attached hydrogens (tertiary/aromatic N) is 2. The molecule has 2 aromatic rings. The molecule has 0 saturated heterocycles. The van der Waals surface area contributed by atoms with Crippen LogP contribution in [0.3, 0.4) is 0 Å². The molecule has 1 aliphatic rings. The molecule has 0 atom stereocenters. The van der Waals surface area contributed by atoms with Gasteiger partial charge in [0.1, 0.15) is 11.6 Å². The molecule has 4 nitrogen and oxygen atoms in total. The molecule has 0 spiro atoms. The second kappa shape index (κ2) is 8.38. The summed E-state index contributed by atoms with van der Waals surface area (Å²) in [4.78, 5) is 15.0.